The molecule has 2 rings (SSSR count). The second-order valence-corrected chi connectivity index (χ2v) is 4.96. The Morgan fingerprint density at radius 2 is 1.78 bits per heavy atom. The molecular formula is C17H16F3NO2. The van der Waals surface area contributed by atoms with Gasteiger partial charge >= 0.3 is 6.18 Å². The third-order valence-corrected chi connectivity index (χ3v) is 3.31. The quantitative estimate of drug-likeness (QED) is 0.909. The van der Waals surface area contributed by atoms with Crippen molar-refractivity contribution in [1.29, 1.82) is 0 Å². The second kappa shape index (κ2) is 7.28. The SMILES string of the molecule is COCc1ccccc1CNC(=O)c1cccc(C(F)(F)F)c1. The smallest absolute Gasteiger partial charge is 0.380 e. The number of benzene rings is 2. The van der Waals surface area contributed by atoms with Crippen LogP contribution in [0.2, 0.25) is 0 Å². The highest BCUT2D eigenvalue weighted by molar-refractivity contribution is 5.94. The average molecular weight is 323 g/mol. The predicted molar refractivity (Wildman–Crippen MR) is 79.8 cm³/mol. The fraction of sp³-hybridized carbons (Fsp3) is 0.235. The first-order valence-corrected chi connectivity index (χ1v) is 6.93. The summed E-state index contributed by atoms with van der Waals surface area (Å²) in [7, 11) is 1.57. The minimum atomic E-state index is -4.47. The number of halogens is 3. The van der Waals surface area contributed by atoms with E-state index in [9.17, 15) is 18.0 Å². The molecule has 0 bridgehead atoms. The lowest BCUT2D eigenvalue weighted by atomic mass is 10.1. The van der Waals surface area contributed by atoms with Crippen molar-refractivity contribution in [2.45, 2.75) is 19.3 Å². The van der Waals surface area contributed by atoms with E-state index in [-0.39, 0.29) is 12.1 Å². The van der Waals surface area contributed by atoms with E-state index in [2.05, 4.69) is 5.32 Å². The van der Waals surface area contributed by atoms with Crippen molar-refractivity contribution < 1.29 is 22.7 Å². The van der Waals surface area contributed by atoms with Gasteiger partial charge in [0.1, 0.15) is 0 Å². The zero-order valence-electron chi connectivity index (χ0n) is 12.5. The Bertz CT molecular complexity index is 684. The number of carbonyl (C=O) groups excluding carboxylic acids is 1. The summed E-state index contributed by atoms with van der Waals surface area (Å²) in [5, 5.41) is 2.63. The highest BCUT2D eigenvalue weighted by atomic mass is 19.4. The first kappa shape index (κ1) is 17.0. The Morgan fingerprint density at radius 3 is 2.43 bits per heavy atom. The number of rotatable bonds is 5. The van der Waals surface area contributed by atoms with Crippen LogP contribution in [0.5, 0.6) is 0 Å². The molecule has 2 aromatic rings. The van der Waals surface area contributed by atoms with Crippen LogP contribution in [0.1, 0.15) is 27.0 Å². The van der Waals surface area contributed by atoms with E-state index < -0.39 is 17.6 Å². The highest BCUT2D eigenvalue weighted by Gasteiger charge is 2.30. The summed E-state index contributed by atoms with van der Waals surface area (Å²) in [6.45, 7) is 0.615. The van der Waals surface area contributed by atoms with Gasteiger partial charge < -0.3 is 10.1 Å². The molecule has 0 aliphatic heterocycles. The summed E-state index contributed by atoms with van der Waals surface area (Å²) in [6.07, 6.45) is -4.47. The summed E-state index contributed by atoms with van der Waals surface area (Å²) >= 11 is 0. The Morgan fingerprint density at radius 1 is 1.09 bits per heavy atom. The van der Waals surface area contributed by atoms with Gasteiger partial charge in [-0.25, -0.2) is 0 Å². The maximum atomic E-state index is 12.7. The molecule has 0 unspecified atom stereocenters. The molecule has 0 aliphatic carbocycles. The summed E-state index contributed by atoms with van der Waals surface area (Å²) in [5.74, 6) is -0.552. The van der Waals surface area contributed by atoms with E-state index in [1.54, 1.807) is 7.11 Å². The van der Waals surface area contributed by atoms with Crippen LogP contribution in [0.3, 0.4) is 0 Å². The van der Waals surface area contributed by atoms with Gasteiger partial charge in [-0.2, -0.15) is 13.2 Å². The summed E-state index contributed by atoms with van der Waals surface area (Å²) in [6, 6.07) is 11.7. The number of hydrogen-bond donors (Lipinski definition) is 1. The van der Waals surface area contributed by atoms with Crippen LogP contribution in [0, 0.1) is 0 Å². The van der Waals surface area contributed by atoms with Gasteiger partial charge in [0.25, 0.3) is 5.91 Å². The van der Waals surface area contributed by atoms with E-state index in [1.807, 2.05) is 24.3 Å². The molecule has 1 amide bonds. The third kappa shape index (κ3) is 4.56. The normalized spacial score (nSPS) is 11.3. The molecule has 0 fully saturated rings. The summed E-state index contributed by atoms with van der Waals surface area (Å²) < 4.78 is 43.1. The number of methoxy groups -OCH3 is 1. The molecule has 0 aromatic heterocycles. The van der Waals surface area contributed by atoms with Gasteiger partial charge in [0.05, 0.1) is 12.2 Å². The molecule has 0 aliphatic rings. The maximum absolute atomic E-state index is 12.7. The van der Waals surface area contributed by atoms with E-state index in [0.717, 1.165) is 23.3 Å². The fourth-order valence-electron chi connectivity index (χ4n) is 2.14. The maximum Gasteiger partial charge on any atom is 0.416 e. The van der Waals surface area contributed by atoms with Crippen molar-refractivity contribution in [2.75, 3.05) is 7.11 Å². The molecule has 6 heteroatoms. The minimum Gasteiger partial charge on any atom is -0.380 e. The van der Waals surface area contributed by atoms with Crippen LogP contribution in [0.15, 0.2) is 48.5 Å². The van der Waals surface area contributed by atoms with E-state index in [1.165, 1.54) is 12.1 Å². The fourth-order valence-corrected chi connectivity index (χ4v) is 2.14. The monoisotopic (exact) mass is 323 g/mol. The molecule has 3 nitrogen and oxygen atoms in total. The standard InChI is InChI=1S/C17H16F3NO2/c1-23-11-14-6-3-2-5-13(14)10-21-16(22)12-7-4-8-15(9-12)17(18,19)20/h2-9H,10-11H2,1H3,(H,21,22). The summed E-state index contributed by atoms with van der Waals surface area (Å²) in [4.78, 5) is 12.1. The molecule has 0 radical (unpaired) electrons. The molecular weight excluding hydrogens is 307 g/mol. The molecule has 0 heterocycles. The Balaban J connectivity index is 2.09. The van der Waals surface area contributed by atoms with Crippen LogP contribution in [-0.4, -0.2) is 13.0 Å². The van der Waals surface area contributed by atoms with Gasteiger partial charge in [-0.15, -0.1) is 0 Å². The topological polar surface area (TPSA) is 38.3 Å². The predicted octanol–water partition coefficient (Wildman–Crippen LogP) is 3.78. The van der Waals surface area contributed by atoms with Gasteiger partial charge in [-0.3, -0.25) is 4.79 Å². The molecule has 23 heavy (non-hydrogen) atoms. The average Bonchev–Trinajstić information content (AvgIpc) is 2.53. The Labute approximate surface area is 132 Å². The van der Waals surface area contributed by atoms with Gasteiger partial charge in [0.2, 0.25) is 0 Å². The van der Waals surface area contributed by atoms with Crippen molar-refractivity contribution in [3.63, 3.8) is 0 Å². The number of carbonyl (C=O) groups is 1. The molecule has 2 aromatic carbocycles. The van der Waals surface area contributed by atoms with Crippen molar-refractivity contribution in [3.05, 3.63) is 70.8 Å². The highest BCUT2D eigenvalue weighted by Crippen LogP contribution is 2.29. The Hall–Kier alpha value is -2.34. The van der Waals surface area contributed by atoms with Crippen LogP contribution in [0.4, 0.5) is 13.2 Å². The van der Waals surface area contributed by atoms with Crippen molar-refractivity contribution in [2.24, 2.45) is 0 Å². The zero-order valence-corrected chi connectivity index (χ0v) is 12.5. The first-order chi connectivity index (χ1) is 10.9. The second-order valence-electron chi connectivity index (χ2n) is 4.96. The zero-order chi connectivity index (χ0) is 16.9. The lowest BCUT2D eigenvalue weighted by Gasteiger charge is -2.11. The molecule has 1 N–H and O–H groups in total. The molecule has 122 valence electrons. The van der Waals surface area contributed by atoms with Gasteiger partial charge in [0.15, 0.2) is 0 Å². The van der Waals surface area contributed by atoms with Gasteiger partial charge in [0, 0.05) is 19.2 Å². The summed E-state index contributed by atoms with van der Waals surface area (Å²) in [5.41, 5.74) is 0.906. The molecule has 0 spiro atoms. The lowest BCUT2D eigenvalue weighted by Crippen LogP contribution is -2.24. The number of amides is 1. The minimum absolute atomic E-state index is 0.0240. The number of hydrogen-bond acceptors (Lipinski definition) is 2. The number of ether oxygens (including phenoxy) is 1. The van der Waals surface area contributed by atoms with Crippen molar-refractivity contribution >= 4 is 5.91 Å². The third-order valence-electron chi connectivity index (χ3n) is 3.31. The van der Waals surface area contributed by atoms with E-state index in [4.69, 9.17) is 4.74 Å². The lowest BCUT2D eigenvalue weighted by molar-refractivity contribution is -0.137. The number of nitrogens with one attached hydrogen (secondary N) is 1. The molecule has 0 saturated heterocycles. The van der Waals surface area contributed by atoms with Crippen LogP contribution in [0.25, 0.3) is 0 Å². The van der Waals surface area contributed by atoms with Gasteiger partial charge in [-0.05, 0) is 29.3 Å². The van der Waals surface area contributed by atoms with E-state index >= 15 is 0 Å². The number of alkyl halides is 3. The van der Waals surface area contributed by atoms with Crippen LogP contribution in [-0.2, 0) is 24.1 Å². The van der Waals surface area contributed by atoms with Crippen LogP contribution >= 0.6 is 0 Å². The first-order valence-electron chi connectivity index (χ1n) is 6.93. The van der Waals surface area contributed by atoms with Gasteiger partial charge in [-0.1, -0.05) is 30.3 Å². The van der Waals surface area contributed by atoms with E-state index in [0.29, 0.717) is 6.61 Å². The molecule has 0 saturated carbocycles. The van der Waals surface area contributed by atoms with Crippen LogP contribution < -0.4 is 5.32 Å². The molecule has 0 atom stereocenters. The van der Waals surface area contributed by atoms with Crippen molar-refractivity contribution in [1.82, 2.24) is 5.32 Å². The Kier molecular flexibility index (Phi) is 5.39. The largest absolute Gasteiger partial charge is 0.416 e. The van der Waals surface area contributed by atoms with Crippen molar-refractivity contribution in [3.8, 4) is 0 Å².